The van der Waals surface area contributed by atoms with Gasteiger partial charge in [0.25, 0.3) is 11.5 Å². The Morgan fingerprint density at radius 3 is 2.96 bits per heavy atom. The maximum absolute atomic E-state index is 12.8. The molecular weight excluding hydrogens is 296 g/mol. The van der Waals surface area contributed by atoms with Crippen molar-refractivity contribution in [2.45, 2.75) is 31.4 Å². The molecule has 0 spiro atoms. The van der Waals surface area contributed by atoms with E-state index in [1.165, 1.54) is 0 Å². The highest BCUT2D eigenvalue weighted by atomic mass is 16.5. The second-order valence-corrected chi connectivity index (χ2v) is 6.00. The zero-order valence-electron chi connectivity index (χ0n) is 12.7. The predicted molar refractivity (Wildman–Crippen MR) is 83.2 cm³/mol. The third-order valence-corrected chi connectivity index (χ3v) is 4.67. The van der Waals surface area contributed by atoms with Crippen LogP contribution in [0.3, 0.4) is 0 Å². The second-order valence-electron chi connectivity index (χ2n) is 6.00. The van der Waals surface area contributed by atoms with Crippen molar-refractivity contribution in [2.75, 3.05) is 13.2 Å². The number of fused-ring (bicyclic) bond motifs is 1. The van der Waals surface area contributed by atoms with Crippen molar-refractivity contribution in [1.29, 1.82) is 0 Å². The van der Waals surface area contributed by atoms with Crippen LogP contribution in [0.15, 0.2) is 39.7 Å². The Morgan fingerprint density at radius 1 is 1.26 bits per heavy atom. The Bertz CT molecular complexity index is 765. The number of H-pyrrole nitrogens is 1. The normalized spacial score (nSPS) is 23.7. The molecule has 0 unspecified atom stereocenters. The standard InChI is InChI=1S/C17H18N2O4/c20-16-11(6-7-12(18-16)14-5-2-9-22-14)17(21)19-8-10-23-15-4-1-3-13(15)19/h2,5-7,9,13,15H,1,3-4,8,10H2,(H,18,20)/t13-,15+/m0/s1. The Labute approximate surface area is 133 Å². The fraction of sp³-hybridized carbons (Fsp3) is 0.412. The summed E-state index contributed by atoms with van der Waals surface area (Å²) in [6.45, 7) is 1.08. The van der Waals surface area contributed by atoms with Crippen LogP contribution in [-0.4, -0.2) is 41.1 Å². The number of hydrogen-bond acceptors (Lipinski definition) is 4. The van der Waals surface area contributed by atoms with Crippen molar-refractivity contribution in [3.05, 3.63) is 46.4 Å². The number of hydrogen-bond donors (Lipinski definition) is 1. The molecule has 1 saturated carbocycles. The van der Waals surface area contributed by atoms with E-state index in [0.29, 0.717) is 24.6 Å². The number of nitrogens with zero attached hydrogens (tertiary/aromatic N) is 1. The van der Waals surface area contributed by atoms with Gasteiger partial charge in [-0.25, -0.2) is 0 Å². The van der Waals surface area contributed by atoms with Crippen molar-refractivity contribution in [1.82, 2.24) is 9.88 Å². The molecule has 6 nitrogen and oxygen atoms in total. The van der Waals surface area contributed by atoms with Gasteiger partial charge in [-0.1, -0.05) is 0 Å². The summed E-state index contributed by atoms with van der Waals surface area (Å²) in [7, 11) is 0. The molecule has 120 valence electrons. The third-order valence-electron chi connectivity index (χ3n) is 4.67. The summed E-state index contributed by atoms with van der Waals surface area (Å²) >= 11 is 0. The summed E-state index contributed by atoms with van der Waals surface area (Å²) in [5.74, 6) is 0.362. The number of amides is 1. The van der Waals surface area contributed by atoms with Crippen molar-refractivity contribution in [2.24, 2.45) is 0 Å². The molecule has 23 heavy (non-hydrogen) atoms. The molecule has 1 saturated heterocycles. The fourth-order valence-corrected chi connectivity index (χ4v) is 3.55. The van der Waals surface area contributed by atoms with E-state index in [1.807, 2.05) is 0 Å². The zero-order chi connectivity index (χ0) is 15.8. The first-order valence-electron chi connectivity index (χ1n) is 7.94. The van der Waals surface area contributed by atoms with Gasteiger partial charge in [-0.05, 0) is 43.5 Å². The summed E-state index contributed by atoms with van der Waals surface area (Å²) in [6, 6.07) is 6.90. The van der Waals surface area contributed by atoms with Gasteiger partial charge in [-0.3, -0.25) is 9.59 Å². The minimum absolute atomic E-state index is 0.0976. The number of furan rings is 1. The topological polar surface area (TPSA) is 75.5 Å². The summed E-state index contributed by atoms with van der Waals surface area (Å²) in [5, 5.41) is 0. The van der Waals surface area contributed by atoms with Crippen LogP contribution in [0.2, 0.25) is 0 Å². The Morgan fingerprint density at radius 2 is 2.17 bits per heavy atom. The zero-order valence-corrected chi connectivity index (χ0v) is 12.7. The molecule has 0 aromatic carbocycles. The average Bonchev–Trinajstić information content (AvgIpc) is 3.25. The van der Waals surface area contributed by atoms with E-state index < -0.39 is 0 Å². The summed E-state index contributed by atoms with van der Waals surface area (Å²) in [6.07, 6.45) is 4.66. The van der Waals surface area contributed by atoms with Gasteiger partial charge in [-0.2, -0.15) is 0 Å². The van der Waals surface area contributed by atoms with E-state index in [2.05, 4.69) is 4.98 Å². The molecule has 2 aromatic rings. The van der Waals surface area contributed by atoms with Gasteiger partial charge in [0.2, 0.25) is 0 Å². The van der Waals surface area contributed by atoms with E-state index >= 15 is 0 Å². The molecule has 1 aliphatic carbocycles. The van der Waals surface area contributed by atoms with Gasteiger partial charge in [0.1, 0.15) is 11.3 Å². The highest BCUT2D eigenvalue weighted by molar-refractivity contribution is 5.94. The summed E-state index contributed by atoms with van der Waals surface area (Å²) in [5.41, 5.74) is 0.357. The SMILES string of the molecule is O=C(c1ccc(-c2ccco2)[nH]c1=O)N1CCO[C@@H]2CCC[C@@H]21. The summed E-state index contributed by atoms with van der Waals surface area (Å²) in [4.78, 5) is 29.7. The van der Waals surface area contributed by atoms with Crippen molar-refractivity contribution in [3.8, 4) is 11.5 Å². The molecule has 4 rings (SSSR count). The number of carbonyl (C=O) groups is 1. The number of aromatic nitrogens is 1. The maximum Gasteiger partial charge on any atom is 0.261 e. The first kappa shape index (κ1) is 14.3. The first-order chi connectivity index (χ1) is 11.2. The molecule has 1 amide bonds. The molecule has 2 fully saturated rings. The van der Waals surface area contributed by atoms with Crippen LogP contribution in [0, 0.1) is 0 Å². The number of pyridine rings is 1. The van der Waals surface area contributed by atoms with Crippen LogP contribution in [0.4, 0.5) is 0 Å². The molecule has 1 N–H and O–H groups in total. The smallest absolute Gasteiger partial charge is 0.261 e. The Balaban J connectivity index is 1.62. The first-order valence-corrected chi connectivity index (χ1v) is 7.94. The van der Waals surface area contributed by atoms with E-state index in [0.717, 1.165) is 19.3 Å². The van der Waals surface area contributed by atoms with E-state index in [4.69, 9.17) is 9.15 Å². The molecule has 2 aromatic heterocycles. The number of aromatic amines is 1. The molecule has 0 radical (unpaired) electrons. The maximum atomic E-state index is 12.8. The van der Waals surface area contributed by atoms with Gasteiger partial charge in [0, 0.05) is 6.54 Å². The van der Waals surface area contributed by atoms with Crippen LogP contribution in [0.5, 0.6) is 0 Å². The Hall–Kier alpha value is -2.34. The number of nitrogens with one attached hydrogen (secondary N) is 1. The van der Waals surface area contributed by atoms with E-state index in [1.54, 1.807) is 35.4 Å². The highest BCUT2D eigenvalue weighted by Gasteiger charge is 2.39. The quantitative estimate of drug-likeness (QED) is 0.920. The van der Waals surface area contributed by atoms with Gasteiger partial charge in [-0.15, -0.1) is 0 Å². The van der Waals surface area contributed by atoms with Crippen molar-refractivity contribution >= 4 is 5.91 Å². The Kier molecular flexibility index (Phi) is 3.53. The van der Waals surface area contributed by atoms with E-state index in [-0.39, 0.29) is 29.2 Å². The lowest BCUT2D eigenvalue weighted by atomic mass is 10.1. The molecule has 3 heterocycles. The minimum Gasteiger partial charge on any atom is -0.463 e. The highest BCUT2D eigenvalue weighted by Crippen LogP contribution is 2.30. The van der Waals surface area contributed by atoms with Gasteiger partial charge in [0.05, 0.1) is 30.7 Å². The van der Waals surface area contributed by atoms with Crippen molar-refractivity contribution < 1.29 is 13.9 Å². The van der Waals surface area contributed by atoms with Crippen LogP contribution in [-0.2, 0) is 4.74 Å². The molecule has 0 bridgehead atoms. The number of rotatable bonds is 2. The van der Waals surface area contributed by atoms with Crippen molar-refractivity contribution in [3.63, 3.8) is 0 Å². The lowest BCUT2D eigenvalue weighted by Gasteiger charge is -2.37. The minimum atomic E-state index is -0.384. The van der Waals surface area contributed by atoms with Crippen LogP contribution in [0.25, 0.3) is 11.5 Å². The number of morpholine rings is 1. The third kappa shape index (κ3) is 2.49. The lowest BCUT2D eigenvalue weighted by Crippen LogP contribution is -2.52. The lowest BCUT2D eigenvalue weighted by molar-refractivity contribution is -0.0446. The summed E-state index contributed by atoms with van der Waals surface area (Å²) < 4.78 is 11.0. The van der Waals surface area contributed by atoms with Crippen LogP contribution in [0.1, 0.15) is 29.6 Å². The largest absolute Gasteiger partial charge is 0.463 e. The number of ether oxygens (including phenoxy) is 1. The molecule has 2 aliphatic rings. The number of carbonyl (C=O) groups excluding carboxylic acids is 1. The predicted octanol–water partition coefficient (Wildman–Crippen LogP) is 2.03. The fourth-order valence-electron chi connectivity index (χ4n) is 3.55. The monoisotopic (exact) mass is 314 g/mol. The van der Waals surface area contributed by atoms with Crippen LogP contribution >= 0.6 is 0 Å². The van der Waals surface area contributed by atoms with Gasteiger partial charge < -0.3 is 19.0 Å². The molecule has 6 heteroatoms. The van der Waals surface area contributed by atoms with Gasteiger partial charge in [0.15, 0.2) is 0 Å². The molecule has 2 atom stereocenters. The molecular formula is C17H18N2O4. The average molecular weight is 314 g/mol. The second kappa shape index (κ2) is 5.70. The van der Waals surface area contributed by atoms with Crippen LogP contribution < -0.4 is 5.56 Å². The van der Waals surface area contributed by atoms with Gasteiger partial charge >= 0.3 is 0 Å². The van der Waals surface area contributed by atoms with E-state index in [9.17, 15) is 9.59 Å². The molecule has 1 aliphatic heterocycles.